The molecule has 0 atom stereocenters. The average molecular weight is 233 g/mol. The number of hydrogen-bond donors (Lipinski definition) is 1. The summed E-state index contributed by atoms with van der Waals surface area (Å²) in [4.78, 5) is 0. The van der Waals surface area contributed by atoms with E-state index in [1.165, 1.54) is 0 Å². The summed E-state index contributed by atoms with van der Waals surface area (Å²) < 4.78 is 2.04. The van der Waals surface area contributed by atoms with Crippen molar-refractivity contribution in [1.29, 1.82) is 0 Å². The van der Waals surface area contributed by atoms with E-state index in [1.54, 1.807) is 0 Å². The summed E-state index contributed by atoms with van der Waals surface area (Å²) in [5.41, 5.74) is 1.08. The highest BCUT2D eigenvalue weighted by molar-refractivity contribution is 7.80. The number of thiol groups is 1. The first-order valence-electron chi connectivity index (χ1n) is 5.36. The summed E-state index contributed by atoms with van der Waals surface area (Å²) in [7, 11) is 0. The van der Waals surface area contributed by atoms with E-state index in [1.807, 2.05) is 34.9 Å². The van der Waals surface area contributed by atoms with E-state index in [0.29, 0.717) is 11.1 Å². The zero-order chi connectivity index (χ0) is 11.5. The zero-order valence-electron chi connectivity index (χ0n) is 9.46. The Kier molecular flexibility index (Phi) is 3.29. The molecule has 0 spiro atoms. The Bertz CT molecular complexity index is 462. The second kappa shape index (κ2) is 4.70. The van der Waals surface area contributed by atoms with Crippen molar-refractivity contribution in [2.24, 2.45) is 5.92 Å². The lowest BCUT2D eigenvalue weighted by Gasteiger charge is -2.10. The second-order valence-corrected chi connectivity index (χ2v) is 4.59. The molecule has 3 nitrogen and oxygen atoms in total. The number of benzene rings is 1. The lowest BCUT2D eigenvalue weighted by Crippen LogP contribution is -2.06. The molecule has 0 radical (unpaired) electrons. The van der Waals surface area contributed by atoms with Gasteiger partial charge in [0.25, 0.3) is 0 Å². The van der Waals surface area contributed by atoms with E-state index in [-0.39, 0.29) is 0 Å². The largest absolute Gasteiger partial charge is 0.302 e. The van der Waals surface area contributed by atoms with E-state index in [9.17, 15) is 0 Å². The third-order valence-electron chi connectivity index (χ3n) is 2.31. The molecule has 0 aliphatic carbocycles. The Labute approximate surface area is 101 Å². The molecule has 1 heterocycles. The van der Waals surface area contributed by atoms with Crippen LogP contribution in [0.5, 0.6) is 0 Å². The number of aromatic nitrogens is 3. The van der Waals surface area contributed by atoms with Crippen molar-refractivity contribution < 1.29 is 0 Å². The molecular weight excluding hydrogens is 218 g/mol. The molecule has 0 saturated carbocycles. The van der Waals surface area contributed by atoms with Crippen LogP contribution in [0.15, 0.2) is 35.5 Å². The molecule has 0 N–H and O–H groups in total. The van der Waals surface area contributed by atoms with Gasteiger partial charge in [-0.25, -0.2) is 0 Å². The highest BCUT2D eigenvalue weighted by Crippen LogP contribution is 2.20. The van der Waals surface area contributed by atoms with Gasteiger partial charge < -0.3 is 4.57 Å². The van der Waals surface area contributed by atoms with E-state index in [4.69, 9.17) is 0 Å². The fourth-order valence-corrected chi connectivity index (χ4v) is 1.85. The van der Waals surface area contributed by atoms with Crippen molar-refractivity contribution in [3.63, 3.8) is 0 Å². The van der Waals surface area contributed by atoms with Gasteiger partial charge in [-0.2, -0.15) is 0 Å². The monoisotopic (exact) mass is 233 g/mol. The Hall–Kier alpha value is -1.29. The smallest absolute Gasteiger partial charge is 0.188 e. The third-order valence-corrected chi connectivity index (χ3v) is 2.64. The molecule has 0 aliphatic heterocycles. The predicted octanol–water partition coefficient (Wildman–Crippen LogP) is 2.89. The fourth-order valence-electron chi connectivity index (χ4n) is 1.63. The van der Waals surface area contributed by atoms with Crippen LogP contribution in [0.1, 0.15) is 13.8 Å². The van der Waals surface area contributed by atoms with Crippen molar-refractivity contribution in [2.45, 2.75) is 25.5 Å². The SMILES string of the molecule is CC(C)Cn1c(S)nnc1-c1ccccc1. The quantitative estimate of drug-likeness (QED) is 0.826. The van der Waals surface area contributed by atoms with Crippen molar-refractivity contribution in [2.75, 3.05) is 0 Å². The third kappa shape index (κ3) is 2.27. The summed E-state index contributed by atoms with van der Waals surface area (Å²) >= 11 is 4.33. The van der Waals surface area contributed by atoms with Crippen molar-refractivity contribution in [3.05, 3.63) is 30.3 Å². The van der Waals surface area contributed by atoms with Gasteiger partial charge >= 0.3 is 0 Å². The van der Waals surface area contributed by atoms with Crippen LogP contribution < -0.4 is 0 Å². The minimum Gasteiger partial charge on any atom is -0.302 e. The van der Waals surface area contributed by atoms with E-state index >= 15 is 0 Å². The molecule has 4 heteroatoms. The molecule has 1 aromatic heterocycles. The van der Waals surface area contributed by atoms with Crippen LogP contribution in [-0.2, 0) is 6.54 Å². The second-order valence-electron chi connectivity index (χ2n) is 4.19. The molecule has 2 rings (SSSR count). The average Bonchev–Trinajstić information content (AvgIpc) is 2.61. The number of nitrogens with zero attached hydrogens (tertiary/aromatic N) is 3. The molecular formula is C12H15N3S. The summed E-state index contributed by atoms with van der Waals surface area (Å²) in [6.45, 7) is 5.22. The van der Waals surface area contributed by atoms with Crippen LogP contribution >= 0.6 is 12.6 Å². The van der Waals surface area contributed by atoms with Crippen molar-refractivity contribution >= 4 is 12.6 Å². The van der Waals surface area contributed by atoms with Crippen LogP contribution in [0.2, 0.25) is 0 Å². The van der Waals surface area contributed by atoms with Crippen LogP contribution in [0.3, 0.4) is 0 Å². The normalized spacial score (nSPS) is 11.0. The van der Waals surface area contributed by atoms with E-state index in [0.717, 1.165) is 17.9 Å². The molecule has 0 aliphatic rings. The van der Waals surface area contributed by atoms with Gasteiger partial charge in [-0.15, -0.1) is 22.8 Å². The first-order valence-corrected chi connectivity index (χ1v) is 5.81. The predicted molar refractivity (Wildman–Crippen MR) is 67.5 cm³/mol. The minimum atomic E-state index is 0.546. The highest BCUT2D eigenvalue weighted by Gasteiger charge is 2.11. The Balaban J connectivity index is 2.42. The molecule has 0 bridgehead atoms. The molecule has 0 amide bonds. The maximum atomic E-state index is 4.33. The molecule has 16 heavy (non-hydrogen) atoms. The van der Waals surface area contributed by atoms with Gasteiger partial charge in [0.2, 0.25) is 0 Å². The highest BCUT2D eigenvalue weighted by atomic mass is 32.1. The van der Waals surface area contributed by atoms with Gasteiger partial charge in [0.15, 0.2) is 11.0 Å². The van der Waals surface area contributed by atoms with Gasteiger partial charge in [-0.05, 0) is 5.92 Å². The van der Waals surface area contributed by atoms with Crippen LogP contribution in [0, 0.1) is 5.92 Å². The number of rotatable bonds is 3. The standard InChI is InChI=1S/C12H15N3S/c1-9(2)8-15-11(13-14-12(15)16)10-6-4-3-5-7-10/h3-7,9H,8H2,1-2H3,(H,14,16). The van der Waals surface area contributed by atoms with Gasteiger partial charge in [0, 0.05) is 12.1 Å². The Morgan fingerprint density at radius 2 is 1.88 bits per heavy atom. The summed E-state index contributed by atoms with van der Waals surface area (Å²) in [6, 6.07) is 10.1. The molecule has 2 aromatic rings. The Morgan fingerprint density at radius 1 is 1.19 bits per heavy atom. The van der Waals surface area contributed by atoms with Gasteiger partial charge in [0.05, 0.1) is 0 Å². The first-order chi connectivity index (χ1) is 7.68. The molecule has 0 saturated heterocycles. The Morgan fingerprint density at radius 3 is 2.50 bits per heavy atom. The number of hydrogen-bond acceptors (Lipinski definition) is 3. The van der Waals surface area contributed by atoms with Crippen molar-refractivity contribution in [3.8, 4) is 11.4 Å². The van der Waals surface area contributed by atoms with Gasteiger partial charge in [0.1, 0.15) is 0 Å². The topological polar surface area (TPSA) is 30.7 Å². The van der Waals surface area contributed by atoms with Crippen LogP contribution in [0.25, 0.3) is 11.4 Å². The zero-order valence-corrected chi connectivity index (χ0v) is 10.4. The van der Waals surface area contributed by atoms with Crippen LogP contribution in [0.4, 0.5) is 0 Å². The van der Waals surface area contributed by atoms with E-state index < -0.39 is 0 Å². The molecule has 0 fully saturated rings. The van der Waals surface area contributed by atoms with Crippen molar-refractivity contribution in [1.82, 2.24) is 14.8 Å². The summed E-state index contributed by atoms with van der Waals surface area (Å²) in [5, 5.41) is 8.87. The maximum Gasteiger partial charge on any atom is 0.188 e. The van der Waals surface area contributed by atoms with E-state index in [2.05, 4.69) is 36.7 Å². The fraction of sp³-hybridized carbons (Fsp3) is 0.333. The lowest BCUT2D eigenvalue weighted by atomic mass is 10.2. The minimum absolute atomic E-state index is 0.546. The lowest BCUT2D eigenvalue weighted by molar-refractivity contribution is 0.498. The maximum absolute atomic E-state index is 4.33. The molecule has 1 aromatic carbocycles. The van der Waals surface area contributed by atoms with Gasteiger partial charge in [-0.1, -0.05) is 44.2 Å². The van der Waals surface area contributed by atoms with Crippen LogP contribution in [-0.4, -0.2) is 14.8 Å². The van der Waals surface area contributed by atoms with Gasteiger partial charge in [-0.3, -0.25) is 0 Å². The first kappa shape index (κ1) is 11.2. The molecule has 84 valence electrons. The summed E-state index contributed by atoms with van der Waals surface area (Å²) in [6.07, 6.45) is 0. The summed E-state index contributed by atoms with van der Waals surface area (Å²) in [5.74, 6) is 1.43. The molecule has 0 unspecified atom stereocenters.